The van der Waals surface area contributed by atoms with Gasteiger partial charge in [0.05, 0.1) is 45.6 Å². The molecular weight excluding hydrogens is 352 g/mol. The number of nitrogens with zero attached hydrogens (tertiary/aromatic N) is 5. The minimum absolute atomic E-state index is 0.160. The number of aliphatic imine (C=N–C) groups is 4. The van der Waals surface area contributed by atoms with Crippen LogP contribution in [0.5, 0.6) is 0 Å². The smallest absolute Gasteiger partial charge is 0.112 e. The topological polar surface area (TPSA) is 97.9 Å². The first kappa shape index (κ1) is 15.3. The molecule has 6 rings (SSSR count). The second-order valence-corrected chi connectivity index (χ2v) is 6.70. The van der Waals surface area contributed by atoms with Crippen LogP contribution in [0.4, 0.5) is 0 Å². The highest BCUT2D eigenvalue weighted by Gasteiger charge is 2.33. The number of rotatable bonds is 0. The van der Waals surface area contributed by atoms with E-state index in [9.17, 15) is 0 Å². The standard InChI is InChI=1S/C20H14N8/c1-2-12-8-14-4-6-16(23-14)10-18-20-19(25-27-28-26-20)17(24-18)9-15-5-3-13(22-15)7-11(1)21-12/h1-10,19,25,27-28H. The fraction of sp³-hybridized carbons (Fsp3) is 0.0500. The van der Waals surface area contributed by atoms with Crippen molar-refractivity contribution in [3.63, 3.8) is 0 Å². The molecule has 0 aromatic heterocycles. The van der Waals surface area contributed by atoms with E-state index in [1.165, 1.54) is 0 Å². The molecule has 1 unspecified atom stereocenters. The van der Waals surface area contributed by atoms with E-state index < -0.39 is 0 Å². The first-order valence-corrected chi connectivity index (χ1v) is 8.89. The van der Waals surface area contributed by atoms with Crippen LogP contribution in [0, 0.1) is 0 Å². The molecule has 8 heteroatoms. The average Bonchev–Trinajstić information content (AvgIpc) is 3.47. The van der Waals surface area contributed by atoms with Gasteiger partial charge < -0.3 is 0 Å². The molecule has 0 aromatic carbocycles. The zero-order valence-electron chi connectivity index (χ0n) is 14.6. The maximum atomic E-state index is 4.78. The first-order valence-electron chi connectivity index (χ1n) is 8.89. The van der Waals surface area contributed by atoms with E-state index in [0.717, 1.165) is 51.3 Å². The molecule has 0 aliphatic carbocycles. The van der Waals surface area contributed by atoms with Crippen molar-refractivity contribution in [1.82, 2.24) is 16.5 Å². The number of hydrazone groups is 1. The van der Waals surface area contributed by atoms with E-state index in [2.05, 4.69) is 36.6 Å². The minimum Gasteiger partial charge on any atom is -0.249 e. The number of allylic oxidation sites excluding steroid dienone is 9. The fourth-order valence-electron chi connectivity index (χ4n) is 3.49. The zero-order chi connectivity index (χ0) is 18.5. The van der Waals surface area contributed by atoms with Crippen molar-refractivity contribution in [2.75, 3.05) is 0 Å². The van der Waals surface area contributed by atoms with Crippen molar-refractivity contribution < 1.29 is 0 Å². The normalized spacial score (nSPS) is 26.3. The van der Waals surface area contributed by atoms with Crippen molar-refractivity contribution >= 4 is 28.6 Å². The monoisotopic (exact) mass is 366 g/mol. The summed E-state index contributed by atoms with van der Waals surface area (Å²) in [6, 6.07) is -0.160. The van der Waals surface area contributed by atoms with Gasteiger partial charge in [-0.25, -0.2) is 30.9 Å². The number of fused-ring (bicyclic) bond motifs is 7. The molecule has 6 aliphatic heterocycles. The molecule has 0 amide bonds. The lowest BCUT2D eigenvalue weighted by molar-refractivity contribution is 0.432. The van der Waals surface area contributed by atoms with Crippen LogP contribution in [0.15, 0.2) is 109 Å². The molecule has 3 N–H and O–H groups in total. The predicted octanol–water partition coefficient (Wildman–Crippen LogP) is 1.36. The van der Waals surface area contributed by atoms with Crippen molar-refractivity contribution in [1.29, 1.82) is 0 Å². The summed E-state index contributed by atoms with van der Waals surface area (Å²) in [6.45, 7) is 0. The van der Waals surface area contributed by atoms with Crippen LogP contribution in [0.3, 0.4) is 0 Å². The predicted molar refractivity (Wildman–Crippen MR) is 110 cm³/mol. The molecule has 134 valence electrons. The summed E-state index contributed by atoms with van der Waals surface area (Å²) in [7, 11) is 0. The highest BCUT2D eigenvalue weighted by Crippen LogP contribution is 2.23. The average molecular weight is 366 g/mol. The second kappa shape index (κ2) is 5.88. The minimum atomic E-state index is -0.160. The van der Waals surface area contributed by atoms with Gasteiger partial charge in [0.25, 0.3) is 0 Å². The molecule has 0 saturated heterocycles. The van der Waals surface area contributed by atoms with E-state index in [4.69, 9.17) is 4.99 Å². The molecule has 0 radical (unpaired) electrons. The Kier molecular flexibility index (Phi) is 3.22. The summed E-state index contributed by atoms with van der Waals surface area (Å²) in [4.78, 5) is 18.7. The van der Waals surface area contributed by atoms with E-state index in [-0.39, 0.29) is 6.04 Å². The Hall–Kier alpha value is -3.75. The summed E-state index contributed by atoms with van der Waals surface area (Å²) in [6.07, 6.45) is 19.7. The zero-order valence-corrected chi connectivity index (χ0v) is 14.6. The van der Waals surface area contributed by atoms with Crippen molar-refractivity contribution in [3.8, 4) is 0 Å². The van der Waals surface area contributed by atoms with Gasteiger partial charge in [-0.05, 0) is 60.8 Å². The lowest BCUT2D eigenvalue weighted by Crippen LogP contribution is -2.56. The Labute approximate surface area is 160 Å². The van der Waals surface area contributed by atoms with Crippen molar-refractivity contribution in [2.24, 2.45) is 25.1 Å². The summed E-state index contributed by atoms with van der Waals surface area (Å²) in [5.74, 6) is 0. The molecule has 0 aromatic rings. The molecule has 0 fully saturated rings. The summed E-state index contributed by atoms with van der Waals surface area (Å²) >= 11 is 0. The quantitative estimate of drug-likeness (QED) is 0.604. The van der Waals surface area contributed by atoms with Gasteiger partial charge in [-0.2, -0.15) is 10.6 Å². The largest absolute Gasteiger partial charge is 0.249 e. The molecule has 1 atom stereocenters. The Morgan fingerprint density at radius 1 is 0.643 bits per heavy atom. The Balaban J connectivity index is 1.52. The van der Waals surface area contributed by atoms with Gasteiger partial charge in [-0.1, -0.05) is 0 Å². The van der Waals surface area contributed by atoms with Crippen LogP contribution >= 0.6 is 0 Å². The van der Waals surface area contributed by atoms with E-state index >= 15 is 0 Å². The maximum absolute atomic E-state index is 4.78. The van der Waals surface area contributed by atoms with Crippen molar-refractivity contribution in [3.05, 3.63) is 83.5 Å². The fourth-order valence-corrected chi connectivity index (χ4v) is 3.49. The van der Waals surface area contributed by atoms with Crippen LogP contribution in [0.2, 0.25) is 0 Å². The molecule has 28 heavy (non-hydrogen) atoms. The number of hydrogen-bond acceptors (Lipinski definition) is 8. The van der Waals surface area contributed by atoms with Gasteiger partial charge in [0.1, 0.15) is 11.8 Å². The lowest BCUT2D eigenvalue weighted by Gasteiger charge is -2.20. The summed E-state index contributed by atoms with van der Waals surface area (Å²) in [5, 5.41) is 4.36. The highest BCUT2D eigenvalue weighted by atomic mass is 15.7. The van der Waals surface area contributed by atoms with Gasteiger partial charge in [-0.3, -0.25) is 0 Å². The van der Waals surface area contributed by atoms with E-state index in [0.29, 0.717) is 0 Å². The SMILES string of the molecule is C1=CC2=NC1=CC1=NC(=CC3=NC(=CC4=NC(=C2)C=C4)C2=NNNNC32)C=C1. The number of hydrogen-bond donors (Lipinski definition) is 3. The van der Waals surface area contributed by atoms with Gasteiger partial charge >= 0.3 is 0 Å². The van der Waals surface area contributed by atoms with E-state index in [1.54, 1.807) is 0 Å². The van der Waals surface area contributed by atoms with Crippen molar-refractivity contribution in [2.45, 2.75) is 6.04 Å². The van der Waals surface area contributed by atoms with Gasteiger partial charge in [0, 0.05) is 0 Å². The number of nitrogens with one attached hydrogen (secondary N) is 3. The van der Waals surface area contributed by atoms with Crippen LogP contribution in [-0.4, -0.2) is 34.6 Å². The van der Waals surface area contributed by atoms with E-state index in [1.807, 2.05) is 60.8 Å². The van der Waals surface area contributed by atoms with Gasteiger partial charge in [0.2, 0.25) is 0 Å². The molecule has 8 nitrogen and oxygen atoms in total. The Bertz CT molecular complexity index is 1170. The van der Waals surface area contributed by atoms with Crippen LogP contribution < -0.4 is 16.5 Å². The highest BCUT2D eigenvalue weighted by molar-refractivity contribution is 6.29. The second-order valence-electron chi connectivity index (χ2n) is 6.70. The molecular formula is C20H14N8. The number of hydrazine groups is 2. The van der Waals surface area contributed by atoms with Crippen LogP contribution in [-0.2, 0) is 0 Å². The molecule has 8 bridgehead atoms. The third-order valence-corrected chi connectivity index (χ3v) is 4.75. The van der Waals surface area contributed by atoms with Crippen LogP contribution in [0.1, 0.15) is 0 Å². The Morgan fingerprint density at radius 2 is 1.25 bits per heavy atom. The summed E-state index contributed by atoms with van der Waals surface area (Å²) < 4.78 is 0. The Morgan fingerprint density at radius 3 is 1.93 bits per heavy atom. The first-order chi connectivity index (χ1) is 13.8. The maximum Gasteiger partial charge on any atom is 0.112 e. The lowest BCUT2D eigenvalue weighted by atomic mass is 10.1. The molecule has 6 heterocycles. The third kappa shape index (κ3) is 2.59. The summed E-state index contributed by atoms with van der Waals surface area (Å²) in [5.41, 5.74) is 16.3. The van der Waals surface area contributed by atoms with Crippen LogP contribution in [0.25, 0.3) is 0 Å². The van der Waals surface area contributed by atoms with Gasteiger partial charge in [0.15, 0.2) is 0 Å². The third-order valence-electron chi connectivity index (χ3n) is 4.75. The van der Waals surface area contributed by atoms with Gasteiger partial charge in [-0.15, -0.1) is 0 Å². The molecule has 0 saturated carbocycles. The molecule has 6 aliphatic rings. The molecule has 0 spiro atoms.